The summed E-state index contributed by atoms with van der Waals surface area (Å²) in [6.07, 6.45) is 1.81. The first-order valence-electron chi connectivity index (χ1n) is 5.14. The fourth-order valence-electron chi connectivity index (χ4n) is 1.20. The van der Waals surface area contributed by atoms with Gasteiger partial charge in [-0.1, -0.05) is 6.92 Å². The third-order valence-corrected chi connectivity index (χ3v) is 3.67. The summed E-state index contributed by atoms with van der Waals surface area (Å²) >= 11 is 3.52. The molecular weight excluding hydrogens is 254 g/mol. The lowest BCUT2D eigenvalue weighted by Gasteiger charge is -2.21. The number of nitrogens with one attached hydrogen (secondary N) is 1. The van der Waals surface area contributed by atoms with Gasteiger partial charge in [0.1, 0.15) is 5.82 Å². The third-order valence-electron chi connectivity index (χ3n) is 2.67. The Labute approximate surface area is 99.6 Å². The second-order valence-electron chi connectivity index (χ2n) is 3.94. The first-order chi connectivity index (χ1) is 7.06. The number of hydrogen-bond acceptors (Lipinski definition) is 3. The van der Waals surface area contributed by atoms with Crippen molar-refractivity contribution in [3.05, 3.63) is 22.3 Å². The predicted octanol–water partition coefficient (Wildman–Crippen LogP) is 2.55. The number of aromatic nitrogens is 1. The molecule has 1 rings (SSSR count). The molecule has 0 amide bonds. The van der Waals surface area contributed by atoms with E-state index in [-0.39, 0.29) is 0 Å². The molecule has 0 radical (unpaired) electrons. The first-order valence-corrected chi connectivity index (χ1v) is 5.93. The van der Waals surface area contributed by atoms with E-state index < -0.39 is 0 Å². The molecule has 0 aliphatic heterocycles. The van der Waals surface area contributed by atoms with E-state index in [1.165, 1.54) is 5.56 Å². The van der Waals surface area contributed by atoms with Crippen LogP contribution in [0.5, 0.6) is 0 Å². The second kappa shape index (κ2) is 5.47. The van der Waals surface area contributed by atoms with Gasteiger partial charge < -0.3 is 11.1 Å². The smallest absolute Gasteiger partial charge is 0.140 e. The Hall–Kier alpha value is -0.610. The van der Waals surface area contributed by atoms with E-state index in [2.05, 4.69) is 40.1 Å². The minimum absolute atomic E-state index is 0.320. The molecule has 15 heavy (non-hydrogen) atoms. The molecular formula is C11H18BrN3. The standard InChI is InChI=1S/C11H18BrN3/c1-7-4-5-14-11(10(7)12)15-9(3)8(2)6-13/h4-5,8-9H,6,13H2,1-3H3,(H,14,15). The summed E-state index contributed by atoms with van der Waals surface area (Å²) in [4.78, 5) is 4.30. The molecule has 2 unspecified atom stereocenters. The molecule has 0 saturated carbocycles. The van der Waals surface area contributed by atoms with E-state index >= 15 is 0 Å². The zero-order valence-corrected chi connectivity index (χ0v) is 11.0. The summed E-state index contributed by atoms with van der Waals surface area (Å²) in [6.45, 7) is 6.97. The van der Waals surface area contributed by atoms with Crippen LogP contribution in [0, 0.1) is 12.8 Å². The number of hydrogen-bond donors (Lipinski definition) is 2. The topological polar surface area (TPSA) is 50.9 Å². The van der Waals surface area contributed by atoms with Crippen LogP contribution in [0.2, 0.25) is 0 Å². The second-order valence-corrected chi connectivity index (χ2v) is 4.73. The van der Waals surface area contributed by atoms with Crippen molar-refractivity contribution >= 4 is 21.7 Å². The van der Waals surface area contributed by atoms with Gasteiger partial charge >= 0.3 is 0 Å². The SMILES string of the molecule is Cc1ccnc(NC(C)C(C)CN)c1Br. The van der Waals surface area contributed by atoms with Crippen molar-refractivity contribution in [2.45, 2.75) is 26.8 Å². The normalized spacial score (nSPS) is 14.7. The van der Waals surface area contributed by atoms with Gasteiger partial charge in [0.25, 0.3) is 0 Å². The van der Waals surface area contributed by atoms with Crippen molar-refractivity contribution in [1.82, 2.24) is 4.98 Å². The molecule has 1 aromatic rings. The van der Waals surface area contributed by atoms with Crippen molar-refractivity contribution in [3.8, 4) is 0 Å². The lowest BCUT2D eigenvalue weighted by molar-refractivity contribution is 0.520. The zero-order valence-electron chi connectivity index (χ0n) is 9.42. The Bertz CT molecular complexity index is 328. The summed E-state index contributed by atoms with van der Waals surface area (Å²) < 4.78 is 1.03. The van der Waals surface area contributed by atoms with Gasteiger partial charge in [-0.15, -0.1) is 0 Å². The molecule has 3 N–H and O–H groups in total. The highest BCUT2D eigenvalue weighted by molar-refractivity contribution is 9.10. The average molecular weight is 272 g/mol. The van der Waals surface area contributed by atoms with Crippen molar-refractivity contribution in [2.75, 3.05) is 11.9 Å². The van der Waals surface area contributed by atoms with E-state index in [1.807, 2.05) is 19.2 Å². The van der Waals surface area contributed by atoms with Gasteiger partial charge in [-0.25, -0.2) is 4.98 Å². The number of anilines is 1. The van der Waals surface area contributed by atoms with Crippen molar-refractivity contribution in [1.29, 1.82) is 0 Å². The van der Waals surface area contributed by atoms with Gasteiger partial charge in [0, 0.05) is 12.2 Å². The Kier molecular flexibility index (Phi) is 4.54. The first kappa shape index (κ1) is 12.5. The van der Waals surface area contributed by atoms with Gasteiger partial charge in [-0.05, 0) is 53.9 Å². The summed E-state index contributed by atoms with van der Waals surface area (Å²) in [5.74, 6) is 1.32. The molecule has 0 aromatic carbocycles. The summed E-state index contributed by atoms with van der Waals surface area (Å²) in [7, 11) is 0. The minimum atomic E-state index is 0.320. The molecule has 1 aromatic heterocycles. The molecule has 3 nitrogen and oxygen atoms in total. The molecule has 0 aliphatic rings. The number of aryl methyl sites for hydroxylation is 1. The summed E-state index contributed by atoms with van der Waals surface area (Å²) in [5, 5.41) is 3.36. The molecule has 0 bridgehead atoms. The largest absolute Gasteiger partial charge is 0.366 e. The number of nitrogens with zero attached hydrogens (tertiary/aromatic N) is 1. The molecule has 1 heterocycles. The maximum Gasteiger partial charge on any atom is 0.140 e. The molecule has 0 fully saturated rings. The van der Waals surface area contributed by atoms with Crippen molar-refractivity contribution in [2.24, 2.45) is 11.7 Å². The van der Waals surface area contributed by atoms with Crippen LogP contribution in [0.15, 0.2) is 16.7 Å². The number of pyridine rings is 1. The molecule has 0 saturated heterocycles. The monoisotopic (exact) mass is 271 g/mol. The number of nitrogens with two attached hydrogens (primary N) is 1. The molecule has 0 aliphatic carbocycles. The Morgan fingerprint density at radius 1 is 1.53 bits per heavy atom. The zero-order chi connectivity index (χ0) is 11.4. The van der Waals surface area contributed by atoms with Crippen LogP contribution in [0.3, 0.4) is 0 Å². The van der Waals surface area contributed by atoms with Crippen molar-refractivity contribution < 1.29 is 0 Å². The fraction of sp³-hybridized carbons (Fsp3) is 0.545. The van der Waals surface area contributed by atoms with Crippen LogP contribution in [-0.4, -0.2) is 17.6 Å². The highest BCUT2D eigenvalue weighted by Gasteiger charge is 2.12. The van der Waals surface area contributed by atoms with Gasteiger partial charge in [0.2, 0.25) is 0 Å². The van der Waals surface area contributed by atoms with Crippen molar-refractivity contribution in [3.63, 3.8) is 0 Å². The highest BCUT2D eigenvalue weighted by atomic mass is 79.9. The molecule has 2 atom stereocenters. The molecule has 84 valence electrons. The van der Waals surface area contributed by atoms with Gasteiger partial charge in [-0.3, -0.25) is 0 Å². The minimum Gasteiger partial charge on any atom is -0.366 e. The van der Waals surface area contributed by atoms with Crippen LogP contribution < -0.4 is 11.1 Å². The van der Waals surface area contributed by atoms with Gasteiger partial charge in [-0.2, -0.15) is 0 Å². The van der Waals surface area contributed by atoms with Crippen LogP contribution in [0.25, 0.3) is 0 Å². The van der Waals surface area contributed by atoms with Crippen LogP contribution >= 0.6 is 15.9 Å². The van der Waals surface area contributed by atoms with E-state index in [4.69, 9.17) is 5.73 Å². The van der Waals surface area contributed by atoms with Gasteiger partial charge in [0.15, 0.2) is 0 Å². The fourth-order valence-corrected chi connectivity index (χ4v) is 1.55. The molecule has 0 spiro atoms. The van der Waals surface area contributed by atoms with Crippen LogP contribution in [0.4, 0.5) is 5.82 Å². The number of rotatable bonds is 4. The van der Waals surface area contributed by atoms with Crippen LogP contribution in [-0.2, 0) is 0 Å². The summed E-state index contributed by atoms with van der Waals surface area (Å²) in [6, 6.07) is 2.30. The third kappa shape index (κ3) is 3.18. The van der Waals surface area contributed by atoms with Crippen LogP contribution in [0.1, 0.15) is 19.4 Å². The summed E-state index contributed by atoms with van der Waals surface area (Å²) in [5.41, 5.74) is 6.80. The Morgan fingerprint density at radius 3 is 2.80 bits per heavy atom. The lowest BCUT2D eigenvalue weighted by atomic mass is 10.0. The van der Waals surface area contributed by atoms with E-state index in [9.17, 15) is 0 Å². The maximum atomic E-state index is 5.62. The predicted molar refractivity (Wildman–Crippen MR) is 68.0 cm³/mol. The maximum absolute atomic E-state index is 5.62. The number of halogens is 1. The Morgan fingerprint density at radius 2 is 2.20 bits per heavy atom. The average Bonchev–Trinajstić information content (AvgIpc) is 2.23. The quantitative estimate of drug-likeness (QED) is 0.885. The highest BCUT2D eigenvalue weighted by Crippen LogP contribution is 2.24. The Balaban J connectivity index is 2.76. The van der Waals surface area contributed by atoms with E-state index in [0.29, 0.717) is 18.5 Å². The van der Waals surface area contributed by atoms with E-state index in [1.54, 1.807) is 0 Å². The van der Waals surface area contributed by atoms with Gasteiger partial charge in [0.05, 0.1) is 4.47 Å². The lowest BCUT2D eigenvalue weighted by Crippen LogP contribution is -2.29. The molecule has 4 heteroatoms. The van der Waals surface area contributed by atoms with E-state index in [0.717, 1.165) is 10.3 Å².